The molecule has 0 N–H and O–H groups in total. The maximum absolute atomic E-state index is 5.61. The fourth-order valence-electron chi connectivity index (χ4n) is 4.11. The first-order chi connectivity index (χ1) is 12.7. The van der Waals surface area contributed by atoms with Crippen LogP contribution in [-0.2, 0) is 24.1 Å². The molecule has 0 bridgehead atoms. The Morgan fingerprint density at radius 1 is 1.23 bits per heavy atom. The lowest BCUT2D eigenvalue weighted by Gasteiger charge is -2.34. The maximum atomic E-state index is 5.61. The average Bonchev–Trinajstić information content (AvgIpc) is 3.09. The third kappa shape index (κ3) is 3.76. The van der Waals surface area contributed by atoms with E-state index in [2.05, 4.69) is 9.80 Å². The Labute approximate surface area is 155 Å². The van der Waals surface area contributed by atoms with Gasteiger partial charge in [0.1, 0.15) is 17.4 Å². The molecule has 4 heterocycles. The molecule has 26 heavy (non-hydrogen) atoms. The summed E-state index contributed by atoms with van der Waals surface area (Å²) in [6, 6.07) is 4.00. The second-order valence-corrected chi connectivity index (χ2v) is 7.32. The van der Waals surface area contributed by atoms with Gasteiger partial charge in [0.15, 0.2) is 0 Å². The highest BCUT2D eigenvalue weighted by Gasteiger charge is 2.26. The fraction of sp³-hybridized carbons (Fsp3) is 0.600. The quantitative estimate of drug-likeness (QED) is 0.839. The zero-order valence-electron chi connectivity index (χ0n) is 15.8. The molecule has 2 aromatic rings. The molecule has 4 rings (SSSR count). The maximum Gasteiger partial charge on any atom is 0.135 e. The van der Waals surface area contributed by atoms with Gasteiger partial charge < -0.3 is 14.1 Å². The van der Waals surface area contributed by atoms with Crippen LogP contribution in [0.1, 0.15) is 35.7 Å². The van der Waals surface area contributed by atoms with Crippen LogP contribution in [0.5, 0.6) is 0 Å². The van der Waals surface area contributed by atoms with E-state index in [4.69, 9.17) is 19.1 Å². The second kappa shape index (κ2) is 7.76. The van der Waals surface area contributed by atoms with Crippen molar-refractivity contribution in [3.05, 3.63) is 41.2 Å². The number of aryl methyl sites for hydroxylation is 1. The van der Waals surface area contributed by atoms with E-state index in [0.29, 0.717) is 6.10 Å². The first-order valence-corrected chi connectivity index (χ1v) is 9.62. The molecule has 1 unspecified atom stereocenters. The minimum Gasteiger partial charge on any atom is -0.468 e. The summed E-state index contributed by atoms with van der Waals surface area (Å²) in [5.74, 6) is 3.03. The molecule has 140 valence electrons. The van der Waals surface area contributed by atoms with Crippen LogP contribution in [0.15, 0.2) is 22.8 Å². The van der Waals surface area contributed by atoms with Gasteiger partial charge in [-0.1, -0.05) is 0 Å². The largest absolute Gasteiger partial charge is 0.468 e. The Balaban J connectivity index is 1.55. The molecule has 6 nitrogen and oxygen atoms in total. The van der Waals surface area contributed by atoms with Crippen molar-refractivity contribution in [3.8, 4) is 0 Å². The molecule has 1 saturated heterocycles. The topological polar surface area (TPSA) is 54.6 Å². The van der Waals surface area contributed by atoms with E-state index in [1.807, 2.05) is 26.2 Å². The Bertz CT molecular complexity index is 732. The molecule has 2 aliphatic heterocycles. The van der Waals surface area contributed by atoms with E-state index >= 15 is 0 Å². The van der Waals surface area contributed by atoms with Gasteiger partial charge in [-0.25, -0.2) is 9.97 Å². The Hall–Kier alpha value is -1.92. The molecular formula is C20H28N4O2. The lowest BCUT2D eigenvalue weighted by Crippen LogP contribution is -2.40. The number of hydrogen-bond donors (Lipinski definition) is 0. The molecule has 0 amide bonds. The summed E-state index contributed by atoms with van der Waals surface area (Å²) in [6.45, 7) is 6.86. The lowest BCUT2D eigenvalue weighted by molar-refractivity contribution is 0.0890. The number of fused-ring (bicyclic) bond motifs is 1. The van der Waals surface area contributed by atoms with Crippen molar-refractivity contribution in [3.63, 3.8) is 0 Å². The van der Waals surface area contributed by atoms with Crippen LogP contribution in [0.25, 0.3) is 0 Å². The number of methoxy groups -OCH3 is 1. The number of piperidine rings is 1. The first-order valence-electron chi connectivity index (χ1n) is 9.62. The lowest BCUT2D eigenvalue weighted by atomic mass is 10.0. The van der Waals surface area contributed by atoms with Gasteiger partial charge in [-0.3, -0.25) is 4.90 Å². The van der Waals surface area contributed by atoms with Gasteiger partial charge in [0.2, 0.25) is 0 Å². The zero-order chi connectivity index (χ0) is 17.9. The summed E-state index contributed by atoms with van der Waals surface area (Å²) in [7, 11) is 1.81. The van der Waals surface area contributed by atoms with E-state index in [1.165, 1.54) is 11.3 Å². The van der Waals surface area contributed by atoms with Gasteiger partial charge in [-0.15, -0.1) is 0 Å². The smallest absolute Gasteiger partial charge is 0.135 e. The van der Waals surface area contributed by atoms with Crippen molar-refractivity contribution in [2.24, 2.45) is 0 Å². The zero-order valence-corrected chi connectivity index (χ0v) is 15.8. The van der Waals surface area contributed by atoms with Gasteiger partial charge in [0.05, 0.1) is 24.6 Å². The molecule has 0 aromatic carbocycles. The molecule has 6 heteroatoms. The molecule has 0 spiro atoms. The van der Waals surface area contributed by atoms with Crippen molar-refractivity contribution in [2.75, 3.05) is 38.2 Å². The van der Waals surface area contributed by atoms with Crippen LogP contribution in [0.4, 0.5) is 5.82 Å². The molecule has 0 aliphatic carbocycles. The predicted molar refractivity (Wildman–Crippen MR) is 100 cm³/mol. The fourth-order valence-corrected chi connectivity index (χ4v) is 4.11. The van der Waals surface area contributed by atoms with Crippen molar-refractivity contribution >= 4 is 5.82 Å². The van der Waals surface area contributed by atoms with Crippen LogP contribution in [0.3, 0.4) is 0 Å². The molecule has 2 aliphatic rings. The van der Waals surface area contributed by atoms with Crippen molar-refractivity contribution in [1.82, 2.24) is 14.9 Å². The summed E-state index contributed by atoms with van der Waals surface area (Å²) < 4.78 is 11.1. The summed E-state index contributed by atoms with van der Waals surface area (Å²) in [4.78, 5) is 14.5. The number of rotatable bonds is 4. The Morgan fingerprint density at radius 2 is 2.12 bits per heavy atom. The van der Waals surface area contributed by atoms with Crippen LogP contribution in [-0.4, -0.2) is 54.3 Å². The third-order valence-corrected chi connectivity index (χ3v) is 5.50. The van der Waals surface area contributed by atoms with Gasteiger partial charge in [-0.2, -0.15) is 0 Å². The normalized spacial score (nSPS) is 21.5. The van der Waals surface area contributed by atoms with Crippen LogP contribution in [0.2, 0.25) is 0 Å². The Kier molecular flexibility index (Phi) is 5.22. The van der Waals surface area contributed by atoms with Crippen LogP contribution >= 0.6 is 0 Å². The van der Waals surface area contributed by atoms with E-state index in [1.54, 1.807) is 6.26 Å². The standard InChI is InChI=1S/C20H28N4O2/c1-15-21-19-8-11-23(13-17-6-4-12-26-17)10-7-18(19)20(22-15)24-9-3-5-16(14-24)25-2/h4,6,12,16H,3,5,7-11,13-14H2,1-2H3. The molecule has 0 radical (unpaired) electrons. The molecule has 0 saturated carbocycles. The summed E-state index contributed by atoms with van der Waals surface area (Å²) in [5.41, 5.74) is 2.54. The highest BCUT2D eigenvalue weighted by molar-refractivity contribution is 5.50. The number of furan rings is 1. The minimum absolute atomic E-state index is 0.302. The van der Waals surface area contributed by atoms with Gasteiger partial charge >= 0.3 is 0 Å². The van der Waals surface area contributed by atoms with Crippen molar-refractivity contribution in [2.45, 2.75) is 45.3 Å². The minimum atomic E-state index is 0.302. The van der Waals surface area contributed by atoms with Crippen LogP contribution < -0.4 is 4.90 Å². The molecular weight excluding hydrogens is 328 g/mol. The van der Waals surface area contributed by atoms with E-state index < -0.39 is 0 Å². The van der Waals surface area contributed by atoms with Crippen LogP contribution in [0, 0.1) is 6.92 Å². The highest BCUT2D eigenvalue weighted by atomic mass is 16.5. The number of anilines is 1. The van der Waals surface area contributed by atoms with Gasteiger partial charge in [0.25, 0.3) is 0 Å². The van der Waals surface area contributed by atoms with Crippen molar-refractivity contribution in [1.29, 1.82) is 0 Å². The predicted octanol–water partition coefficient (Wildman–Crippen LogP) is 2.59. The van der Waals surface area contributed by atoms with E-state index in [-0.39, 0.29) is 0 Å². The Morgan fingerprint density at radius 3 is 2.92 bits per heavy atom. The molecule has 2 aromatic heterocycles. The number of aromatic nitrogens is 2. The van der Waals surface area contributed by atoms with Crippen molar-refractivity contribution < 1.29 is 9.15 Å². The summed E-state index contributed by atoms with van der Waals surface area (Å²) >= 11 is 0. The average molecular weight is 356 g/mol. The highest BCUT2D eigenvalue weighted by Crippen LogP contribution is 2.28. The molecule has 1 atom stereocenters. The first kappa shape index (κ1) is 17.5. The van der Waals surface area contributed by atoms with E-state index in [9.17, 15) is 0 Å². The summed E-state index contributed by atoms with van der Waals surface area (Å²) in [6.07, 6.45) is 6.29. The number of nitrogens with zero attached hydrogens (tertiary/aromatic N) is 4. The second-order valence-electron chi connectivity index (χ2n) is 7.32. The number of hydrogen-bond acceptors (Lipinski definition) is 6. The third-order valence-electron chi connectivity index (χ3n) is 5.50. The number of ether oxygens (including phenoxy) is 1. The monoisotopic (exact) mass is 356 g/mol. The van der Waals surface area contributed by atoms with Gasteiger partial charge in [0, 0.05) is 45.3 Å². The molecule has 1 fully saturated rings. The SMILES string of the molecule is COC1CCCN(c2nc(C)nc3c2CCN(Cc2ccco2)CC3)C1. The van der Waals surface area contributed by atoms with E-state index in [0.717, 1.165) is 75.8 Å². The summed E-state index contributed by atoms with van der Waals surface area (Å²) in [5, 5.41) is 0. The van der Waals surface area contributed by atoms with Gasteiger partial charge in [-0.05, 0) is 38.3 Å².